The molecule has 6 heteroatoms. The van der Waals surface area contributed by atoms with E-state index >= 15 is 0 Å². The maximum absolute atomic E-state index is 6.32. The Morgan fingerprint density at radius 1 is 1.07 bits per heavy atom. The Labute approximate surface area is 183 Å². The molecule has 30 heavy (non-hydrogen) atoms. The Hall–Kier alpha value is -2.44. The first-order valence-electron chi connectivity index (χ1n) is 10.5. The van der Waals surface area contributed by atoms with Crippen LogP contribution in [0.5, 0.6) is 11.6 Å². The van der Waals surface area contributed by atoms with E-state index in [4.69, 9.17) is 4.74 Å². The van der Waals surface area contributed by atoms with Gasteiger partial charge in [0.05, 0.1) is 0 Å². The number of nitrogens with zero attached hydrogens (tertiary/aromatic N) is 2. The van der Waals surface area contributed by atoms with Gasteiger partial charge >= 0.3 is 0 Å². The number of aryl methyl sites for hydroxylation is 4. The molecule has 0 saturated heterocycles. The molecule has 0 spiro atoms. The van der Waals surface area contributed by atoms with E-state index in [0.717, 1.165) is 58.3 Å². The number of hydrogen-bond acceptors (Lipinski definition) is 6. The maximum atomic E-state index is 6.32. The van der Waals surface area contributed by atoms with Crippen molar-refractivity contribution >= 4 is 17.0 Å². The molecule has 3 aromatic rings. The predicted molar refractivity (Wildman–Crippen MR) is 126 cm³/mol. The average molecular weight is 425 g/mol. The van der Waals surface area contributed by atoms with Gasteiger partial charge in [-0.25, -0.2) is 9.97 Å². The second kappa shape index (κ2) is 10.0. The minimum Gasteiger partial charge on any atom is -0.438 e. The molecule has 1 atom stereocenters. The number of anilines is 1. The Kier molecular flexibility index (Phi) is 7.45. The van der Waals surface area contributed by atoms with Gasteiger partial charge < -0.3 is 15.4 Å². The minimum absolute atomic E-state index is 0.307. The zero-order chi connectivity index (χ0) is 21.7. The van der Waals surface area contributed by atoms with Crippen LogP contribution in [0.1, 0.15) is 46.3 Å². The van der Waals surface area contributed by atoms with Crippen molar-refractivity contribution < 1.29 is 4.74 Å². The van der Waals surface area contributed by atoms with E-state index in [-0.39, 0.29) is 0 Å². The molecule has 1 aromatic carbocycles. The molecule has 1 unspecified atom stereocenters. The first-order valence-corrected chi connectivity index (χ1v) is 11.3. The number of rotatable bonds is 9. The van der Waals surface area contributed by atoms with Crippen molar-refractivity contribution in [3.05, 3.63) is 62.7 Å². The number of ether oxygens (including phenoxy) is 1. The number of benzene rings is 1. The fourth-order valence-corrected chi connectivity index (χ4v) is 4.18. The zero-order valence-corrected chi connectivity index (χ0v) is 19.6. The third-order valence-electron chi connectivity index (χ3n) is 5.16. The van der Waals surface area contributed by atoms with Crippen molar-refractivity contribution in [2.75, 3.05) is 11.9 Å². The standard InChI is InChI=1S/C24H32N4OS/c1-7-20(13-25-14-22-26-8-9-30-22)28-21-12-18(5)27-24(19(21)6)29-23-16(3)10-15(2)11-17(23)4/h8-12,20,25H,7,13-14H2,1-6H3,(H,27,28). The quantitative estimate of drug-likeness (QED) is 0.451. The zero-order valence-electron chi connectivity index (χ0n) is 18.8. The molecule has 0 bridgehead atoms. The van der Waals surface area contributed by atoms with E-state index in [9.17, 15) is 0 Å². The van der Waals surface area contributed by atoms with Gasteiger partial charge in [-0.05, 0) is 58.2 Å². The Balaban J connectivity index is 1.75. The molecule has 2 heterocycles. The van der Waals surface area contributed by atoms with E-state index in [0.29, 0.717) is 11.9 Å². The molecule has 0 saturated carbocycles. The molecule has 2 N–H and O–H groups in total. The van der Waals surface area contributed by atoms with Gasteiger partial charge in [-0.1, -0.05) is 24.6 Å². The second-order valence-corrected chi connectivity index (χ2v) is 8.86. The second-order valence-electron chi connectivity index (χ2n) is 7.88. The van der Waals surface area contributed by atoms with Crippen molar-refractivity contribution in [1.82, 2.24) is 15.3 Å². The molecule has 3 rings (SSSR count). The van der Waals surface area contributed by atoms with Crippen LogP contribution in [0.2, 0.25) is 0 Å². The van der Waals surface area contributed by atoms with Crippen molar-refractivity contribution in [3.8, 4) is 11.6 Å². The summed E-state index contributed by atoms with van der Waals surface area (Å²) in [7, 11) is 0. The summed E-state index contributed by atoms with van der Waals surface area (Å²) in [5.74, 6) is 1.56. The molecule has 0 radical (unpaired) electrons. The van der Waals surface area contributed by atoms with E-state index < -0.39 is 0 Å². The highest BCUT2D eigenvalue weighted by Gasteiger charge is 2.15. The van der Waals surface area contributed by atoms with Crippen LogP contribution >= 0.6 is 11.3 Å². The highest BCUT2D eigenvalue weighted by Crippen LogP contribution is 2.33. The van der Waals surface area contributed by atoms with E-state index in [2.05, 4.69) is 73.4 Å². The topological polar surface area (TPSA) is 59.1 Å². The predicted octanol–water partition coefficient (Wildman–Crippen LogP) is 5.85. The smallest absolute Gasteiger partial charge is 0.224 e. The maximum Gasteiger partial charge on any atom is 0.224 e. The van der Waals surface area contributed by atoms with Gasteiger partial charge in [0, 0.05) is 47.7 Å². The number of thiazole rings is 1. The number of aromatic nitrogens is 2. The lowest BCUT2D eigenvalue weighted by atomic mass is 10.1. The highest BCUT2D eigenvalue weighted by atomic mass is 32.1. The van der Waals surface area contributed by atoms with Gasteiger partial charge in [0.15, 0.2) is 0 Å². The summed E-state index contributed by atoms with van der Waals surface area (Å²) < 4.78 is 6.32. The van der Waals surface area contributed by atoms with Crippen LogP contribution < -0.4 is 15.4 Å². The third kappa shape index (κ3) is 5.58. The van der Waals surface area contributed by atoms with Gasteiger partial charge in [-0.15, -0.1) is 11.3 Å². The molecule has 2 aromatic heterocycles. The summed E-state index contributed by atoms with van der Waals surface area (Å²) in [6.45, 7) is 14.2. The monoisotopic (exact) mass is 424 g/mol. The van der Waals surface area contributed by atoms with Crippen LogP contribution in [0.3, 0.4) is 0 Å². The summed E-state index contributed by atoms with van der Waals surface area (Å²) in [5, 5.41) is 10.3. The first kappa shape index (κ1) is 22.2. The van der Waals surface area contributed by atoms with Crippen molar-refractivity contribution in [2.45, 2.75) is 60.5 Å². The van der Waals surface area contributed by atoms with Crippen LogP contribution in [0.4, 0.5) is 5.69 Å². The summed E-state index contributed by atoms with van der Waals surface area (Å²) >= 11 is 1.68. The Bertz CT molecular complexity index is 962. The summed E-state index contributed by atoms with van der Waals surface area (Å²) in [6, 6.07) is 6.70. The fourth-order valence-electron chi connectivity index (χ4n) is 3.59. The fraction of sp³-hybridized carbons (Fsp3) is 0.417. The van der Waals surface area contributed by atoms with Gasteiger partial charge in [-0.2, -0.15) is 0 Å². The lowest BCUT2D eigenvalue weighted by molar-refractivity contribution is 0.451. The van der Waals surface area contributed by atoms with E-state index in [1.54, 1.807) is 11.3 Å². The van der Waals surface area contributed by atoms with E-state index in [1.807, 2.05) is 18.5 Å². The molecule has 5 nitrogen and oxygen atoms in total. The van der Waals surface area contributed by atoms with Crippen LogP contribution in [0.15, 0.2) is 29.8 Å². The van der Waals surface area contributed by atoms with Crippen molar-refractivity contribution in [2.24, 2.45) is 0 Å². The lowest BCUT2D eigenvalue weighted by Gasteiger charge is -2.22. The highest BCUT2D eigenvalue weighted by molar-refractivity contribution is 7.09. The SMILES string of the molecule is CCC(CNCc1nccs1)Nc1cc(C)nc(Oc2c(C)cc(C)cc2C)c1C. The Morgan fingerprint density at radius 2 is 1.80 bits per heavy atom. The first-order chi connectivity index (χ1) is 14.4. The molecular formula is C24H32N4OS. The molecule has 0 fully saturated rings. The molecule has 0 aliphatic heterocycles. The number of pyridine rings is 1. The van der Waals surface area contributed by atoms with Crippen LogP contribution in [0, 0.1) is 34.6 Å². The largest absolute Gasteiger partial charge is 0.438 e. The summed E-state index contributed by atoms with van der Waals surface area (Å²) in [6.07, 6.45) is 2.86. The average Bonchev–Trinajstić information content (AvgIpc) is 3.20. The van der Waals surface area contributed by atoms with Crippen LogP contribution in [0.25, 0.3) is 0 Å². The van der Waals surface area contributed by atoms with Crippen molar-refractivity contribution in [1.29, 1.82) is 0 Å². The molecule has 0 amide bonds. The minimum atomic E-state index is 0.307. The summed E-state index contributed by atoms with van der Waals surface area (Å²) in [5.41, 5.74) is 6.53. The van der Waals surface area contributed by atoms with Gasteiger partial charge in [0.25, 0.3) is 0 Å². The molecule has 0 aliphatic carbocycles. The van der Waals surface area contributed by atoms with Gasteiger partial charge in [0.1, 0.15) is 10.8 Å². The third-order valence-corrected chi connectivity index (χ3v) is 5.94. The van der Waals surface area contributed by atoms with Gasteiger partial charge in [0.2, 0.25) is 5.88 Å². The van der Waals surface area contributed by atoms with Crippen LogP contribution in [-0.4, -0.2) is 22.6 Å². The lowest BCUT2D eigenvalue weighted by Crippen LogP contribution is -2.32. The van der Waals surface area contributed by atoms with E-state index in [1.165, 1.54) is 5.56 Å². The van der Waals surface area contributed by atoms with Crippen molar-refractivity contribution in [3.63, 3.8) is 0 Å². The Morgan fingerprint density at radius 3 is 2.43 bits per heavy atom. The van der Waals surface area contributed by atoms with Gasteiger partial charge in [-0.3, -0.25) is 0 Å². The normalized spacial score (nSPS) is 12.1. The molecular weight excluding hydrogens is 392 g/mol. The summed E-state index contributed by atoms with van der Waals surface area (Å²) in [4.78, 5) is 9.01. The number of hydrogen-bond donors (Lipinski definition) is 2. The number of nitrogens with one attached hydrogen (secondary N) is 2. The van der Waals surface area contributed by atoms with Crippen LogP contribution in [-0.2, 0) is 6.54 Å². The molecule has 0 aliphatic rings. The molecule has 160 valence electrons.